The van der Waals surface area contributed by atoms with Gasteiger partial charge in [0, 0.05) is 22.2 Å². The van der Waals surface area contributed by atoms with Crippen LogP contribution in [0.5, 0.6) is 0 Å². The van der Waals surface area contributed by atoms with Gasteiger partial charge in [-0.1, -0.05) is 440 Å². The van der Waals surface area contributed by atoms with Gasteiger partial charge in [0.2, 0.25) is 0 Å². The molecule has 640 valence electrons. The lowest BCUT2D eigenvalue weighted by molar-refractivity contribution is 0.660. The number of fused-ring (bicyclic) bond motifs is 12. The summed E-state index contributed by atoms with van der Waals surface area (Å²) in [6, 6.07) is 184. The predicted molar refractivity (Wildman–Crippen MR) is 577 cm³/mol. The van der Waals surface area contributed by atoms with Crippen LogP contribution in [0.3, 0.4) is 0 Å². The highest BCUT2D eigenvalue weighted by molar-refractivity contribution is 6.13. The molecule has 136 heavy (non-hydrogen) atoms. The molecule has 0 unspecified atom stereocenters. The minimum Gasteiger partial charge on any atom is -0.309 e. The smallest absolute Gasteiger partial charge is 0.0535 e. The van der Waals surface area contributed by atoms with E-state index in [9.17, 15) is 0 Å². The Labute approximate surface area is 794 Å². The molecule has 0 saturated heterocycles. The molecule has 2 aliphatic rings. The van der Waals surface area contributed by atoms with Gasteiger partial charge < -0.3 is 9.13 Å². The molecule has 2 aliphatic carbocycles. The van der Waals surface area contributed by atoms with E-state index in [2.05, 4.69) is 534 Å². The van der Waals surface area contributed by atoms with Crippen LogP contribution in [0.15, 0.2) is 497 Å². The van der Waals surface area contributed by atoms with Crippen LogP contribution < -0.4 is 0 Å². The Morgan fingerprint density at radius 2 is 0.375 bits per heavy atom. The molecule has 0 atom stereocenters. The fraction of sp³-hybridized carbons (Fsp3) is 0.0448. The van der Waals surface area contributed by atoms with Gasteiger partial charge in [-0.3, -0.25) is 0 Å². The quantitative estimate of drug-likeness (QED) is 0.0961. The fourth-order valence-electron chi connectivity index (χ4n) is 22.3. The molecule has 2 heteroatoms. The summed E-state index contributed by atoms with van der Waals surface area (Å²) in [4.78, 5) is 0. The topological polar surface area (TPSA) is 9.86 Å². The van der Waals surface area contributed by atoms with Crippen molar-refractivity contribution in [3.05, 3.63) is 520 Å². The van der Waals surface area contributed by atoms with Crippen LogP contribution in [0.2, 0.25) is 0 Å². The zero-order chi connectivity index (χ0) is 90.7. The molecule has 0 saturated carbocycles. The standard InChI is InChI=1S/C72H53N.C62H41N/c1-71(2)65-24-13-11-21-58(65)60-36-34-52(43-67(60)71)46-26-30-48(31-27-46)57-23-15-20-54-41-63-55(42-62(54)57)40-56(73-69(50-16-7-5-8-17-50)38-39-70(73)51-18-9-6-10-19-51)45-64(63)49-32-28-47(29-33-49)53-35-37-61-59-22-12-14-25-66(59)72(3,4)68(61)44-53;1-3-16-48(17-4-1)61-36-37-62(49-18-5-2-6-19-49)63(61)52-38-51-40-58-50(22-13-27-57(58)46-30-28-44(29-31-46)55-25-11-20-42-14-7-9-23-53(42)55)39-59(51)60(41-52)47-34-32-45(33-35-47)56-26-12-21-43-15-8-10-24-54(43)56/h5-45H,1-4H3;1-41H. The van der Waals surface area contributed by atoms with Gasteiger partial charge in [0.15, 0.2) is 0 Å². The summed E-state index contributed by atoms with van der Waals surface area (Å²) in [5.74, 6) is 0. The van der Waals surface area contributed by atoms with Gasteiger partial charge in [0.25, 0.3) is 0 Å². The summed E-state index contributed by atoms with van der Waals surface area (Å²) in [5, 5.41) is 14.8. The molecule has 0 radical (unpaired) electrons. The molecule has 0 aliphatic heterocycles. The van der Waals surface area contributed by atoms with Crippen molar-refractivity contribution in [3.63, 3.8) is 0 Å². The molecular weight excluding hydrogens is 1640 g/mol. The summed E-state index contributed by atoms with van der Waals surface area (Å²) in [5.41, 5.74) is 41.9. The van der Waals surface area contributed by atoms with Crippen molar-refractivity contribution >= 4 is 64.6 Å². The number of aromatic nitrogens is 2. The van der Waals surface area contributed by atoms with Crippen LogP contribution in [-0.4, -0.2) is 9.13 Å². The van der Waals surface area contributed by atoms with E-state index in [1.807, 2.05) is 0 Å². The first-order valence-corrected chi connectivity index (χ1v) is 47.5. The second-order valence-corrected chi connectivity index (χ2v) is 37.8. The van der Waals surface area contributed by atoms with Crippen LogP contribution in [-0.2, 0) is 10.8 Å². The predicted octanol–water partition coefficient (Wildman–Crippen LogP) is 36.5. The zero-order valence-corrected chi connectivity index (χ0v) is 76.2. The van der Waals surface area contributed by atoms with Crippen LogP contribution in [0.1, 0.15) is 49.9 Å². The number of hydrogen-bond donors (Lipinski definition) is 0. The van der Waals surface area contributed by atoms with Crippen LogP contribution >= 0.6 is 0 Å². The summed E-state index contributed by atoms with van der Waals surface area (Å²) in [6.45, 7) is 9.43. The Bertz CT molecular complexity index is 8690. The first-order chi connectivity index (χ1) is 66.9. The van der Waals surface area contributed by atoms with Gasteiger partial charge in [-0.05, 0) is 305 Å². The van der Waals surface area contributed by atoms with E-state index in [4.69, 9.17) is 0 Å². The van der Waals surface area contributed by atoms with Gasteiger partial charge in [0.05, 0.1) is 22.8 Å². The maximum Gasteiger partial charge on any atom is 0.0535 e. The van der Waals surface area contributed by atoms with E-state index < -0.39 is 0 Å². The number of nitrogens with zero attached hydrogens (tertiary/aromatic N) is 2. The summed E-state index contributed by atoms with van der Waals surface area (Å²) in [7, 11) is 0. The first kappa shape index (κ1) is 81.0. The van der Waals surface area contributed by atoms with E-state index in [-0.39, 0.29) is 10.8 Å². The third-order valence-electron chi connectivity index (χ3n) is 29.2. The fourth-order valence-corrected chi connectivity index (χ4v) is 22.3. The Balaban J connectivity index is 0.000000146. The largest absolute Gasteiger partial charge is 0.309 e. The van der Waals surface area contributed by atoms with Gasteiger partial charge in [-0.2, -0.15) is 0 Å². The van der Waals surface area contributed by atoms with Gasteiger partial charge >= 0.3 is 0 Å². The zero-order valence-electron chi connectivity index (χ0n) is 76.2. The molecule has 0 N–H and O–H groups in total. The minimum absolute atomic E-state index is 0.0432. The van der Waals surface area contributed by atoms with Crippen LogP contribution in [0, 0.1) is 0 Å². The summed E-state index contributed by atoms with van der Waals surface area (Å²) >= 11 is 0. The first-order valence-electron chi connectivity index (χ1n) is 47.5. The molecule has 26 rings (SSSR count). The number of hydrogen-bond acceptors (Lipinski definition) is 0. The highest BCUT2D eigenvalue weighted by Gasteiger charge is 2.37. The van der Waals surface area contributed by atoms with Crippen molar-refractivity contribution in [1.29, 1.82) is 0 Å². The summed E-state index contributed by atoms with van der Waals surface area (Å²) in [6.07, 6.45) is 0. The number of rotatable bonds is 14. The van der Waals surface area contributed by atoms with Crippen molar-refractivity contribution in [2.24, 2.45) is 0 Å². The van der Waals surface area contributed by atoms with E-state index in [1.165, 1.54) is 220 Å². The molecule has 2 aromatic heterocycles. The van der Waals surface area contributed by atoms with Gasteiger partial charge in [-0.25, -0.2) is 0 Å². The normalized spacial score (nSPS) is 12.7. The van der Waals surface area contributed by atoms with E-state index in [0.717, 1.165) is 34.2 Å². The van der Waals surface area contributed by atoms with Crippen molar-refractivity contribution in [2.75, 3.05) is 0 Å². The van der Waals surface area contributed by atoms with E-state index in [0.29, 0.717) is 0 Å². The van der Waals surface area contributed by atoms with E-state index in [1.54, 1.807) is 0 Å². The molecule has 2 nitrogen and oxygen atoms in total. The van der Waals surface area contributed by atoms with Gasteiger partial charge in [-0.15, -0.1) is 0 Å². The molecular formula is C134H94N2. The second kappa shape index (κ2) is 33.1. The van der Waals surface area contributed by atoms with Crippen molar-refractivity contribution in [3.8, 4) is 168 Å². The average Bonchev–Trinajstić information content (AvgIpc) is 1.56. The monoisotopic (exact) mass is 1730 g/mol. The maximum atomic E-state index is 2.46. The molecule has 24 aromatic rings. The lowest BCUT2D eigenvalue weighted by Crippen LogP contribution is -2.14. The van der Waals surface area contributed by atoms with Crippen LogP contribution in [0.25, 0.3) is 232 Å². The number of benzene rings is 22. The Morgan fingerprint density at radius 1 is 0.132 bits per heavy atom. The molecule has 0 fully saturated rings. The SMILES string of the molecule is CC1(C)c2ccccc2-c2ccc(-c3ccc(-c4cccc5cc6c(-c7ccc(-c8ccc9c(c8)C(C)(C)c8ccccc8-9)cc7)cc(-n7c(-c8ccccc8)ccc7-c7ccccc7)cc6cc45)cc3)cc21.c1ccc(-c2ccc(-c3ccccc3)n2-c2cc(-c3ccc(-c4cccc5ccccc45)cc3)c3cc4cccc(-c5ccc(-c6cccc7ccccc67)cc5)c4cc3c2)cc1. The lowest BCUT2D eigenvalue weighted by atomic mass is 9.81. The second-order valence-electron chi connectivity index (χ2n) is 37.8. The third kappa shape index (κ3) is 14.0. The average molecular weight is 1730 g/mol. The van der Waals surface area contributed by atoms with Gasteiger partial charge in [0.1, 0.15) is 0 Å². The minimum atomic E-state index is -0.0584. The van der Waals surface area contributed by atoms with Crippen molar-refractivity contribution < 1.29 is 0 Å². The molecule has 0 amide bonds. The molecule has 2 heterocycles. The Hall–Kier alpha value is -17.0. The van der Waals surface area contributed by atoms with Crippen LogP contribution in [0.4, 0.5) is 0 Å². The van der Waals surface area contributed by atoms with Crippen molar-refractivity contribution in [2.45, 2.75) is 38.5 Å². The maximum absolute atomic E-state index is 2.46. The summed E-state index contributed by atoms with van der Waals surface area (Å²) < 4.78 is 4.90. The van der Waals surface area contributed by atoms with Crippen molar-refractivity contribution in [1.82, 2.24) is 9.13 Å². The highest BCUT2D eigenvalue weighted by atomic mass is 15.0. The molecule has 0 spiro atoms. The Morgan fingerprint density at radius 3 is 0.721 bits per heavy atom. The third-order valence-corrected chi connectivity index (χ3v) is 29.2. The van der Waals surface area contributed by atoms with E-state index >= 15 is 0 Å². The Kier molecular flexibility index (Phi) is 19.7. The lowest BCUT2D eigenvalue weighted by Gasteiger charge is -2.22. The molecule has 22 aromatic carbocycles. The highest BCUT2D eigenvalue weighted by Crippen LogP contribution is 2.53. The molecule has 0 bridgehead atoms.